The van der Waals surface area contributed by atoms with Crippen LogP contribution in [0.2, 0.25) is 0 Å². The van der Waals surface area contributed by atoms with Gasteiger partial charge in [-0.25, -0.2) is 4.79 Å². The molecule has 2 rings (SSSR count). The molecule has 5 nitrogen and oxygen atoms in total. The molecule has 1 aromatic rings. The summed E-state index contributed by atoms with van der Waals surface area (Å²) >= 11 is 0. The lowest BCUT2D eigenvalue weighted by Crippen LogP contribution is -2.34. The van der Waals surface area contributed by atoms with Gasteiger partial charge in [0.15, 0.2) is 0 Å². The van der Waals surface area contributed by atoms with Gasteiger partial charge in [0.2, 0.25) is 0 Å². The van der Waals surface area contributed by atoms with E-state index in [0.717, 1.165) is 25.8 Å². The second kappa shape index (κ2) is 5.16. The predicted molar refractivity (Wildman–Crippen MR) is 65.5 cm³/mol. The van der Waals surface area contributed by atoms with E-state index in [2.05, 4.69) is 4.98 Å². The summed E-state index contributed by atoms with van der Waals surface area (Å²) in [5, 5.41) is 8.77. The molecule has 1 aliphatic rings. The Bertz CT molecular complexity index is 452. The average molecular weight is 248 g/mol. The first-order valence-corrected chi connectivity index (χ1v) is 6.13. The summed E-state index contributed by atoms with van der Waals surface area (Å²) in [5.41, 5.74) is 0.417. The quantitative estimate of drug-likeness (QED) is 0.862. The largest absolute Gasteiger partial charge is 0.478 e. The summed E-state index contributed by atoms with van der Waals surface area (Å²) in [5.74, 6) is -1.13. The molecular formula is C13H16N2O3. The number of amides is 1. The molecule has 1 aromatic heterocycles. The van der Waals surface area contributed by atoms with E-state index in [-0.39, 0.29) is 11.5 Å². The monoisotopic (exact) mass is 248 g/mol. The second-order valence-electron chi connectivity index (χ2n) is 4.47. The van der Waals surface area contributed by atoms with E-state index < -0.39 is 5.97 Å². The molecule has 0 aliphatic heterocycles. The Labute approximate surface area is 105 Å². The number of carboxylic acid groups (broad SMARTS) is 1. The lowest BCUT2D eigenvalue weighted by atomic mass is 10.2. The van der Waals surface area contributed by atoms with Gasteiger partial charge in [0.1, 0.15) is 5.69 Å². The fourth-order valence-corrected chi connectivity index (χ4v) is 1.87. The van der Waals surface area contributed by atoms with Crippen molar-refractivity contribution >= 4 is 11.9 Å². The fourth-order valence-electron chi connectivity index (χ4n) is 1.87. The number of carbonyl (C=O) groups is 2. The Morgan fingerprint density at radius 1 is 1.44 bits per heavy atom. The number of nitrogens with zero attached hydrogens (tertiary/aromatic N) is 2. The van der Waals surface area contributed by atoms with Gasteiger partial charge in [0.25, 0.3) is 5.91 Å². The fraction of sp³-hybridized carbons (Fsp3) is 0.462. The number of hydrogen-bond acceptors (Lipinski definition) is 3. The van der Waals surface area contributed by atoms with E-state index in [1.54, 1.807) is 0 Å². The summed E-state index contributed by atoms with van der Waals surface area (Å²) in [4.78, 5) is 28.7. The minimum absolute atomic E-state index is 0.0972. The van der Waals surface area contributed by atoms with Crippen LogP contribution in [0.1, 0.15) is 47.0 Å². The second-order valence-corrected chi connectivity index (χ2v) is 4.47. The number of pyridine rings is 1. The van der Waals surface area contributed by atoms with Crippen LogP contribution in [0.25, 0.3) is 0 Å². The van der Waals surface area contributed by atoms with E-state index in [1.165, 1.54) is 18.3 Å². The molecule has 0 spiro atoms. The SMILES string of the molecule is CCCN(C(=O)c1ccc(C(=O)O)cn1)C1CC1. The van der Waals surface area contributed by atoms with Crippen molar-refractivity contribution in [3.05, 3.63) is 29.6 Å². The van der Waals surface area contributed by atoms with Gasteiger partial charge in [0.05, 0.1) is 5.56 Å². The minimum atomic E-state index is -1.03. The predicted octanol–water partition coefficient (Wildman–Crippen LogP) is 1.79. The van der Waals surface area contributed by atoms with Crippen molar-refractivity contribution in [2.45, 2.75) is 32.2 Å². The molecule has 0 atom stereocenters. The zero-order chi connectivity index (χ0) is 13.1. The lowest BCUT2D eigenvalue weighted by Gasteiger charge is -2.21. The van der Waals surface area contributed by atoms with Crippen molar-refractivity contribution in [1.82, 2.24) is 9.88 Å². The Morgan fingerprint density at radius 3 is 2.61 bits per heavy atom. The van der Waals surface area contributed by atoms with Gasteiger partial charge in [-0.15, -0.1) is 0 Å². The van der Waals surface area contributed by atoms with Crippen LogP contribution in [-0.2, 0) is 0 Å². The third kappa shape index (κ3) is 2.67. The molecular weight excluding hydrogens is 232 g/mol. The molecule has 1 aliphatic carbocycles. The average Bonchev–Trinajstić information content (AvgIpc) is 3.19. The standard InChI is InChI=1S/C13H16N2O3/c1-2-7-15(10-4-5-10)12(16)11-6-3-9(8-14-11)13(17)18/h3,6,8,10H,2,4-5,7H2,1H3,(H,17,18). The third-order valence-corrected chi connectivity index (χ3v) is 2.94. The summed E-state index contributed by atoms with van der Waals surface area (Å²) in [7, 11) is 0. The van der Waals surface area contributed by atoms with Crippen molar-refractivity contribution in [1.29, 1.82) is 0 Å². The normalized spacial score (nSPS) is 14.3. The summed E-state index contributed by atoms with van der Waals surface area (Å²) in [6.45, 7) is 2.76. The highest BCUT2D eigenvalue weighted by atomic mass is 16.4. The van der Waals surface area contributed by atoms with Gasteiger partial charge in [-0.2, -0.15) is 0 Å². The number of rotatable bonds is 5. The maximum Gasteiger partial charge on any atom is 0.337 e. The molecule has 0 saturated heterocycles. The molecule has 0 radical (unpaired) electrons. The number of aromatic carboxylic acids is 1. The molecule has 5 heteroatoms. The van der Waals surface area contributed by atoms with Crippen molar-refractivity contribution in [2.24, 2.45) is 0 Å². The first-order chi connectivity index (χ1) is 8.63. The van der Waals surface area contributed by atoms with Crippen molar-refractivity contribution in [2.75, 3.05) is 6.54 Å². The maximum absolute atomic E-state index is 12.2. The topological polar surface area (TPSA) is 70.5 Å². The van der Waals surface area contributed by atoms with Crippen LogP contribution >= 0.6 is 0 Å². The first kappa shape index (κ1) is 12.5. The van der Waals surface area contributed by atoms with Gasteiger partial charge < -0.3 is 10.0 Å². The Kier molecular flexibility index (Phi) is 3.60. The highest BCUT2D eigenvalue weighted by Crippen LogP contribution is 2.28. The minimum Gasteiger partial charge on any atom is -0.478 e. The maximum atomic E-state index is 12.2. The number of carboxylic acids is 1. The highest BCUT2D eigenvalue weighted by molar-refractivity contribution is 5.94. The molecule has 0 aromatic carbocycles. The number of hydrogen-bond donors (Lipinski definition) is 1. The molecule has 1 amide bonds. The Hall–Kier alpha value is -1.91. The molecule has 1 heterocycles. The summed E-state index contributed by atoms with van der Waals surface area (Å²) in [6, 6.07) is 3.24. The van der Waals surface area contributed by atoms with Crippen LogP contribution < -0.4 is 0 Å². The van der Waals surface area contributed by atoms with Crippen LogP contribution in [-0.4, -0.2) is 39.5 Å². The van der Waals surface area contributed by atoms with Gasteiger partial charge in [-0.3, -0.25) is 9.78 Å². The molecule has 1 fully saturated rings. The first-order valence-electron chi connectivity index (χ1n) is 6.13. The van der Waals surface area contributed by atoms with Crippen LogP contribution in [0.4, 0.5) is 0 Å². The third-order valence-electron chi connectivity index (χ3n) is 2.94. The van der Waals surface area contributed by atoms with Gasteiger partial charge in [-0.05, 0) is 31.4 Å². The van der Waals surface area contributed by atoms with Crippen LogP contribution in [0.5, 0.6) is 0 Å². The summed E-state index contributed by atoms with van der Waals surface area (Å²) < 4.78 is 0. The van der Waals surface area contributed by atoms with Crippen molar-refractivity contribution in [3.8, 4) is 0 Å². The van der Waals surface area contributed by atoms with Crippen LogP contribution in [0.3, 0.4) is 0 Å². The van der Waals surface area contributed by atoms with Gasteiger partial charge in [-0.1, -0.05) is 6.92 Å². The number of carbonyl (C=O) groups excluding carboxylic acids is 1. The van der Waals surface area contributed by atoms with E-state index >= 15 is 0 Å². The number of aromatic nitrogens is 1. The van der Waals surface area contributed by atoms with Gasteiger partial charge >= 0.3 is 5.97 Å². The van der Waals surface area contributed by atoms with Crippen LogP contribution in [0, 0.1) is 0 Å². The van der Waals surface area contributed by atoms with E-state index in [4.69, 9.17) is 5.11 Å². The van der Waals surface area contributed by atoms with Crippen LogP contribution in [0.15, 0.2) is 18.3 Å². The Morgan fingerprint density at radius 2 is 2.17 bits per heavy atom. The zero-order valence-electron chi connectivity index (χ0n) is 10.3. The van der Waals surface area contributed by atoms with E-state index in [0.29, 0.717) is 11.7 Å². The molecule has 0 bridgehead atoms. The molecule has 1 N–H and O–H groups in total. The lowest BCUT2D eigenvalue weighted by molar-refractivity contribution is 0.0691. The molecule has 96 valence electrons. The van der Waals surface area contributed by atoms with E-state index in [1.807, 2.05) is 11.8 Å². The van der Waals surface area contributed by atoms with Crippen molar-refractivity contribution in [3.63, 3.8) is 0 Å². The van der Waals surface area contributed by atoms with E-state index in [9.17, 15) is 9.59 Å². The summed E-state index contributed by atoms with van der Waals surface area (Å²) in [6.07, 6.45) is 4.25. The Balaban J connectivity index is 2.13. The molecule has 18 heavy (non-hydrogen) atoms. The van der Waals surface area contributed by atoms with Crippen molar-refractivity contribution < 1.29 is 14.7 Å². The molecule has 0 unspecified atom stereocenters. The smallest absolute Gasteiger partial charge is 0.337 e. The highest BCUT2D eigenvalue weighted by Gasteiger charge is 2.32. The molecule has 1 saturated carbocycles. The van der Waals surface area contributed by atoms with Gasteiger partial charge in [0, 0.05) is 18.8 Å². The zero-order valence-corrected chi connectivity index (χ0v) is 10.3.